The average Bonchev–Trinajstić information content (AvgIpc) is 3.17. The number of benzene rings is 1. The highest BCUT2D eigenvalue weighted by Gasteiger charge is 2.19. The molecule has 0 bridgehead atoms. The fourth-order valence-corrected chi connectivity index (χ4v) is 2.85. The molecular weight excluding hydrogens is 248 g/mol. The van der Waals surface area contributed by atoms with Gasteiger partial charge in [-0.25, -0.2) is 0 Å². The Labute approximate surface area is 108 Å². The molecule has 2 aromatic rings. The molecule has 1 saturated carbocycles. The molecule has 5 heteroatoms. The van der Waals surface area contributed by atoms with E-state index in [9.17, 15) is 9.59 Å². The van der Waals surface area contributed by atoms with Crippen LogP contribution in [0.2, 0.25) is 0 Å². The van der Waals surface area contributed by atoms with Gasteiger partial charge in [0.2, 0.25) is 0 Å². The van der Waals surface area contributed by atoms with Gasteiger partial charge in [0.1, 0.15) is 0 Å². The Bertz CT molecular complexity index is 685. The summed E-state index contributed by atoms with van der Waals surface area (Å²) in [5.41, 5.74) is -0.174. The minimum atomic E-state index is -0.174. The first-order chi connectivity index (χ1) is 8.75. The molecule has 1 aliphatic rings. The quantitative estimate of drug-likeness (QED) is 0.900. The van der Waals surface area contributed by atoms with E-state index in [4.69, 9.17) is 0 Å². The third-order valence-corrected chi connectivity index (χ3v) is 4.10. The number of rotatable bonds is 4. The van der Waals surface area contributed by atoms with Crippen LogP contribution in [-0.2, 0) is 6.54 Å². The van der Waals surface area contributed by atoms with E-state index < -0.39 is 0 Å². The Balaban J connectivity index is 1.94. The molecule has 94 valence electrons. The topological polar surface area (TPSA) is 51.1 Å². The van der Waals surface area contributed by atoms with Crippen molar-refractivity contribution >= 4 is 21.4 Å². The molecular formula is C13H14N2O2S. The lowest BCUT2D eigenvalue weighted by atomic mass is 10.3. The summed E-state index contributed by atoms with van der Waals surface area (Å²) in [5.74, 6) is 0. The third kappa shape index (κ3) is 2.23. The van der Waals surface area contributed by atoms with Gasteiger partial charge in [-0.05, 0) is 25.0 Å². The van der Waals surface area contributed by atoms with Crippen molar-refractivity contribution in [3.05, 3.63) is 44.3 Å². The summed E-state index contributed by atoms with van der Waals surface area (Å²) in [4.78, 5) is 23.9. The fraction of sp³-hybridized carbons (Fsp3) is 0.385. The van der Waals surface area contributed by atoms with Gasteiger partial charge in [-0.1, -0.05) is 23.5 Å². The molecule has 4 nitrogen and oxygen atoms in total. The second-order valence-corrected chi connectivity index (χ2v) is 5.54. The molecule has 0 amide bonds. The summed E-state index contributed by atoms with van der Waals surface area (Å²) in [7, 11) is 0. The molecule has 1 aromatic heterocycles. The van der Waals surface area contributed by atoms with Crippen LogP contribution in [0.1, 0.15) is 12.8 Å². The lowest BCUT2D eigenvalue weighted by Crippen LogP contribution is -2.35. The molecule has 1 heterocycles. The van der Waals surface area contributed by atoms with Crippen molar-refractivity contribution in [2.75, 3.05) is 6.54 Å². The number of fused-ring (bicyclic) bond motifs is 1. The van der Waals surface area contributed by atoms with E-state index in [1.54, 1.807) is 6.07 Å². The minimum absolute atomic E-state index is 0.170. The highest BCUT2D eigenvalue weighted by molar-refractivity contribution is 7.16. The van der Waals surface area contributed by atoms with Crippen LogP contribution in [0.5, 0.6) is 0 Å². The van der Waals surface area contributed by atoms with Gasteiger partial charge in [-0.15, -0.1) is 0 Å². The van der Waals surface area contributed by atoms with Gasteiger partial charge in [0, 0.05) is 23.8 Å². The molecule has 1 aliphatic carbocycles. The monoisotopic (exact) mass is 262 g/mol. The predicted molar refractivity (Wildman–Crippen MR) is 73.4 cm³/mol. The molecule has 1 fully saturated rings. The number of hydrogen-bond donors (Lipinski definition) is 1. The van der Waals surface area contributed by atoms with Gasteiger partial charge in [-0.2, -0.15) is 0 Å². The zero-order chi connectivity index (χ0) is 12.5. The Kier molecular flexibility index (Phi) is 3.01. The molecule has 0 atom stereocenters. The lowest BCUT2D eigenvalue weighted by molar-refractivity contribution is 0.579. The number of hydrogen-bond acceptors (Lipinski definition) is 4. The van der Waals surface area contributed by atoms with Gasteiger partial charge in [-0.3, -0.25) is 14.2 Å². The zero-order valence-electron chi connectivity index (χ0n) is 9.89. The van der Waals surface area contributed by atoms with E-state index in [0.717, 1.165) is 16.0 Å². The fourth-order valence-electron chi connectivity index (χ4n) is 1.97. The van der Waals surface area contributed by atoms with Gasteiger partial charge in [0.15, 0.2) is 0 Å². The van der Waals surface area contributed by atoms with E-state index in [2.05, 4.69) is 5.32 Å². The maximum Gasteiger partial charge on any atom is 0.310 e. The standard InChI is InChI=1S/C13H14N2O2S/c16-12-10-3-1-2-4-11(10)18-13(17)15(12)8-7-14-9-5-6-9/h1-4,9,14H,5-8H2. The first-order valence-corrected chi connectivity index (χ1v) is 6.93. The summed E-state index contributed by atoms with van der Waals surface area (Å²) < 4.78 is 2.10. The van der Waals surface area contributed by atoms with Crippen molar-refractivity contribution in [1.82, 2.24) is 9.88 Å². The number of aromatic nitrogens is 1. The number of nitrogens with zero attached hydrogens (tertiary/aromatic N) is 1. The maximum atomic E-state index is 12.2. The van der Waals surface area contributed by atoms with Crippen molar-refractivity contribution in [2.45, 2.75) is 25.4 Å². The summed E-state index contributed by atoms with van der Waals surface area (Å²) in [6.45, 7) is 1.14. The van der Waals surface area contributed by atoms with Crippen LogP contribution < -0.4 is 15.7 Å². The molecule has 0 saturated heterocycles. The van der Waals surface area contributed by atoms with Crippen molar-refractivity contribution in [3.63, 3.8) is 0 Å². The van der Waals surface area contributed by atoms with Crippen LogP contribution in [0, 0.1) is 0 Å². The highest BCUT2D eigenvalue weighted by Crippen LogP contribution is 2.18. The molecule has 0 aliphatic heterocycles. The average molecular weight is 262 g/mol. The first kappa shape index (κ1) is 11.6. The summed E-state index contributed by atoms with van der Waals surface area (Å²) >= 11 is 1.14. The van der Waals surface area contributed by atoms with E-state index >= 15 is 0 Å². The Morgan fingerprint density at radius 1 is 1.28 bits per heavy atom. The first-order valence-electron chi connectivity index (χ1n) is 6.12. The van der Waals surface area contributed by atoms with Crippen molar-refractivity contribution < 1.29 is 0 Å². The smallest absolute Gasteiger partial charge is 0.310 e. The van der Waals surface area contributed by atoms with Crippen molar-refractivity contribution in [1.29, 1.82) is 0 Å². The molecule has 0 unspecified atom stereocenters. The second-order valence-electron chi connectivity index (χ2n) is 4.55. The maximum absolute atomic E-state index is 12.2. The normalized spacial score (nSPS) is 15.1. The third-order valence-electron chi connectivity index (χ3n) is 3.13. The Morgan fingerprint density at radius 2 is 2.06 bits per heavy atom. The van der Waals surface area contributed by atoms with Crippen molar-refractivity contribution in [3.8, 4) is 0 Å². The molecule has 1 aromatic carbocycles. The molecule has 0 spiro atoms. The second kappa shape index (κ2) is 4.66. The summed E-state index contributed by atoms with van der Waals surface area (Å²) in [6, 6.07) is 7.86. The summed E-state index contributed by atoms with van der Waals surface area (Å²) in [6.07, 6.45) is 2.42. The Morgan fingerprint density at radius 3 is 2.83 bits per heavy atom. The van der Waals surface area contributed by atoms with Crippen LogP contribution in [-0.4, -0.2) is 17.2 Å². The van der Waals surface area contributed by atoms with E-state index in [1.807, 2.05) is 18.2 Å². The minimum Gasteiger partial charge on any atom is -0.312 e. The highest BCUT2D eigenvalue weighted by atomic mass is 32.1. The van der Waals surface area contributed by atoms with E-state index in [-0.39, 0.29) is 10.4 Å². The molecule has 1 N–H and O–H groups in total. The molecule has 18 heavy (non-hydrogen) atoms. The predicted octanol–water partition coefficient (Wildman–Crippen LogP) is 1.18. The summed E-state index contributed by atoms with van der Waals surface area (Å²) in [5, 5.41) is 3.95. The molecule has 0 radical (unpaired) electrons. The van der Waals surface area contributed by atoms with Gasteiger partial charge in [0.25, 0.3) is 5.56 Å². The largest absolute Gasteiger partial charge is 0.312 e. The van der Waals surface area contributed by atoms with Gasteiger partial charge >= 0.3 is 4.87 Å². The zero-order valence-corrected chi connectivity index (χ0v) is 10.7. The molecule has 3 rings (SSSR count). The van der Waals surface area contributed by atoms with Crippen LogP contribution in [0.25, 0.3) is 10.1 Å². The van der Waals surface area contributed by atoms with Crippen molar-refractivity contribution in [2.24, 2.45) is 0 Å². The number of nitrogens with one attached hydrogen (secondary N) is 1. The van der Waals surface area contributed by atoms with Gasteiger partial charge in [0.05, 0.1) is 5.39 Å². The van der Waals surface area contributed by atoms with Gasteiger partial charge < -0.3 is 5.32 Å². The van der Waals surface area contributed by atoms with Crippen LogP contribution in [0.15, 0.2) is 33.9 Å². The lowest BCUT2D eigenvalue weighted by Gasteiger charge is -2.06. The van der Waals surface area contributed by atoms with Crippen LogP contribution in [0.3, 0.4) is 0 Å². The SMILES string of the molecule is O=c1sc2ccccc2c(=O)n1CCNC1CC1. The van der Waals surface area contributed by atoms with Crippen LogP contribution in [0.4, 0.5) is 0 Å². The van der Waals surface area contributed by atoms with E-state index in [1.165, 1.54) is 17.4 Å². The van der Waals surface area contributed by atoms with E-state index in [0.29, 0.717) is 24.5 Å². The van der Waals surface area contributed by atoms with Crippen LogP contribution >= 0.6 is 11.3 Å². The Hall–Kier alpha value is -1.46.